The van der Waals surface area contributed by atoms with Crippen LogP contribution in [0, 0.1) is 5.82 Å². The van der Waals surface area contributed by atoms with Crippen LogP contribution < -0.4 is 15.0 Å². The lowest BCUT2D eigenvalue weighted by Crippen LogP contribution is -2.53. The Morgan fingerprint density at radius 1 is 1.18 bits per heavy atom. The Morgan fingerprint density at radius 2 is 1.82 bits per heavy atom. The molecule has 0 bridgehead atoms. The standard InChI is InChI=1S/C19H25FN6O.HI/c1-15(27-17-6-4-16(20)5-7-17)14-24-18(21-2)25-10-12-26(13-11-25)19-22-8-3-9-23-19;/h3-9,15H,10-14H2,1-2H3,(H,21,24);1H. The number of halogens is 2. The first-order valence-electron chi connectivity index (χ1n) is 9.05. The lowest BCUT2D eigenvalue weighted by atomic mass is 10.3. The number of aromatic nitrogens is 2. The van der Waals surface area contributed by atoms with Gasteiger partial charge < -0.3 is 19.9 Å². The summed E-state index contributed by atoms with van der Waals surface area (Å²) in [6, 6.07) is 7.87. The van der Waals surface area contributed by atoms with E-state index in [0.717, 1.165) is 38.1 Å². The van der Waals surface area contributed by atoms with E-state index in [-0.39, 0.29) is 35.9 Å². The molecule has 0 aliphatic carbocycles. The molecule has 3 rings (SSSR count). The van der Waals surface area contributed by atoms with Gasteiger partial charge in [-0.2, -0.15) is 0 Å². The lowest BCUT2D eigenvalue weighted by Gasteiger charge is -2.36. The summed E-state index contributed by atoms with van der Waals surface area (Å²) in [6.07, 6.45) is 3.45. The molecule has 1 saturated heterocycles. The highest BCUT2D eigenvalue weighted by atomic mass is 127. The van der Waals surface area contributed by atoms with Gasteiger partial charge in [-0.25, -0.2) is 14.4 Å². The van der Waals surface area contributed by atoms with Gasteiger partial charge in [-0.15, -0.1) is 24.0 Å². The number of hydrogen-bond donors (Lipinski definition) is 1. The summed E-state index contributed by atoms with van der Waals surface area (Å²) in [5, 5.41) is 3.35. The van der Waals surface area contributed by atoms with Gasteiger partial charge in [-0.05, 0) is 37.3 Å². The van der Waals surface area contributed by atoms with E-state index >= 15 is 0 Å². The number of benzene rings is 1. The van der Waals surface area contributed by atoms with Crippen molar-refractivity contribution in [3.05, 3.63) is 48.5 Å². The van der Waals surface area contributed by atoms with E-state index in [1.165, 1.54) is 12.1 Å². The zero-order chi connectivity index (χ0) is 19.1. The average Bonchev–Trinajstić information content (AvgIpc) is 2.71. The van der Waals surface area contributed by atoms with Crippen LogP contribution in [0.3, 0.4) is 0 Å². The Bertz CT molecular complexity index is 738. The fourth-order valence-electron chi connectivity index (χ4n) is 2.93. The van der Waals surface area contributed by atoms with Crippen molar-refractivity contribution in [1.82, 2.24) is 20.2 Å². The third-order valence-electron chi connectivity index (χ3n) is 4.32. The maximum atomic E-state index is 13.0. The maximum Gasteiger partial charge on any atom is 0.225 e. The molecule has 0 radical (unpaired) electrons. The second-order valence-electron chi connectivity index (χ2n) is 6.33. The van der Waals surface area contributed by atoms with E-state index in [0.29, 0.717) is 12.3 Å². The molecule has 1 aromatic heterocycles. The van der Waals surface area contributed by atoms with E-state index in [9.17, 15) is 4.39 Å². The maximum absolute atomic E-state index is 13.0. The van der Waals surface area contributed by atoms with Gasteiger partial charge in [0, 0.05) is 45.6 Å². The van der Waals surface area contributed by atoms with E-state index in [4.69, 9.17) is 4.74 Å². The first-order valence-corrected chi connectivity index (χ1v) is 9.05. The van der Waals surface area contributed by atoms with Crippen LogP contribution in [0.4, 0.5) is 10.3 Å². The molecule has 28 heavy (non-hydrogen) atoms. The Morgan fingerprint density at radius 3 is 2.43 bits per heavy atom. The summed E-state index contributed by atoms with van der Waals surface area (Å²) < 4.78 is 18.8. The summed E-state index contributed by atoms with van der Waals surface area (Å²) in [6.45, 7) is 5.93. The van der Waals surface area contributed by atoms with Crippen LogP contribution in [0.5, 0.6) is 5.75 Å². The Hall–Kier alpha value is -2.17. The quantitative estimate of drug-likeness (QED) is 0.387. The fourth-order valence-corrected chi connectivity index (χ4v) is 2.93. The smallest absolute Gasteiger partial charge is 0.225 e. The van der Waals surface area contributed by atoms with Gasteiger partial charge in [0.1, 0.15) is 17.7 Å². The number of guanidine groups is 1. The van der Waals surface area contributed by atoms with E-state index < -0.39 is 0 Å². The van der Waals surface area contributed by atoms with Crippen molar-refractivity contribution >= 4 is 35.9 Å². The number of piperazine rings is 1. The van der Waals surface area contributed by atoms with E-state index in [1.54, 1.807) is 31.6 Å². The molecule has 1 aromatic carbocycles. The van der Waals surface area contributed by atoms with Gasteiger partial charge in [-0.1, -0.05) is 0 Å². The normalized spacial score (nSPS) is 15.6. The van der Waals surface area contributed by atoms with Crippen molar-refractivity contribution in [2.24, 2.45) is 4.99 Å². The highest BCUT2D eigenvalue weighted by Crippen LogP contribution is 2.13. The highest BCUT2D eigenvalue weighted by Gasteiger charge is 2.21. The van der Waals surface area contributed by atoms with Crippen LogP contribution in [0.1, 0.15) is 6.92 Å². The number of hydrogen-bond acceptors (Lipinski definition) is 5. The van der Waals surface area contributed by atoms with Gasteiger partial charge in [-0.3, -0.25) is 4.99 Å². The van der Waals surface area contributed by atoms with Gasteiger partial charge in [0.05, 0.1) is 6.54 Å². The van der Waals surface area contributed by atoms with Crippen LogP contribution in [0.2, 0.25) is 0 Å². The lowest BCUT2D eigenvalue weighted by molar-refractivity contribution is 0.221. The second-order valence-corrected chi connectivity index (χ2v) is 6.33. The van der Waals surface area contributed by atoms with Crippen LogP contribution in [0.25, 0.3) is 0 Å². The first kappa shape index (κ1) is 22.1. The van der Waals surface area contributed by atoms with Crippen molar-refractivity contribution in [3.8, 4) is 5.75 Å². The minimum Gasteiger partial charge on any atom is -0.489 e. The van der Waals surface area contributed by atoms with Gasteiger partial charge in [0.25, 0.3) is 0 Å². The summed E-state index contributed by atoms with van der Waals surface area (Å²) in [4.78, 5) is 17.4. The minimum atomic E-state index is -0.270. The van der Waals surface area contributed by atoms with Gasteiger partial charge in [0.2, 0.25) is 5.95 Å². The topological polar surface area (TPSA) is 65.9 Å². The number of nitrogens with zero attached hydrogens (tertiary/aromatic N) is 5. The molecule has 1 unspecified atom stereocenters. The van der Waals surface area contributed by atoms with Crippen molar-refractivity contribution in [1.29, 1.82) is 0 Å². The van der Waals surface area contributed by atoms with Crippen molar-refractivity contribution < 1.29 is 9.13 Å². The van der Waals surface area contributed by atoms with Crippen molar-refractivity contribution in [2.45, 2.75) is 13.0 Å². The van der Waals surface area contributed by atoms with Crippen LogP contribution in [0.15, 0.2) is 47.7 Å². The summed E-state index contributed by atoms with van der Waals surface area (Å²) in [5.41, 5.74) is 0. The van der Waals surface area contributed by atoms with Crippen molar-refractivity contribution in [2.75, 3.05) is 44.7 Å². The number of nitrogens with one attached hydrogen (secondary N) is 1. The van der Waals surface area contributed by atoms with Gasteiger partial charge in [0.15, 0.2) is 5.96 Å². The van der Waals surface area contributed by atoms with Gasteiger partial charge >= 0.3 is 0 Å². The number of anilines is 1. The number of aliphatic imine (C=N–C) groups is 1. The summed E-state index contributed by atoms with van der Waals surface area (Å²) in [5.74, 6) is 1.99. The SMILES string of the molecule is CN=C(NCC(C)Oc1ccc(F)cc1)N1CCN(c2ncccn2)CC1.I. The Balaban J connectivity index is 0.00000280. The molecule has 7 nitrogen and oxygen atoms in total. The zero-order valence-electron chi connectivity index (χ0n) is 16.1. The molecule has 9 heteroatoms. The van der Waals surface area contributed by atoms with Crippen LogP contribution >= 0.6 is 24.0 Å². The largest absolute Gasteiger partial charge is 0.489 e. The molecule has 1 atom stereocenters. The predicted molar refractivity (Wildman–Crippen MR) is 119 cm³/mol. The Labute approximate surface area is 182 Å². The second kappa shape index (κ2) is 11.0. The molecule has 0 saturated carbocycles. The zero-order valence-corrected chi connectivity index (χ0v) is 18.4. The third kappa shape index (κ3) is 6.18. The molecule has 1 N–H and O–H groups in total. The molecular weight excluding hydrogens is 474 g/mol. The molecule has 1 fully saturated rings. The first-order chi connectivity index (χ1) is 13.2. The third-order valence-corrected chi connectivity index (χ3v) is 4.32. The molecule has 0 amide bonds. The predicted octanol–water partition coefficient (Wildman–Crippen LogP) is 2.40. The highest BCUT2D eigenvalue weighted by molar-refractivity contribution is 14.0. The molecule has 1 aliphatic heterocycles. The van der Waals surface area contributed by atoms with Crippen LogP contribution in [-0.2, 0) is 0 Å². The number of ether oxygens (including phenoxy) is 1. The summed E-state index contributed by atoms with van der Waals surface area (Å²) in [7, 11) is 1.78. The molecule has 2 aromatic rings. The molecular formula is C19H26FIN6O. The molecule has 1 aliphatic rings. The Kier molecular flexibility index (Phi) is 8.68. The van der Waals surface area contributed by atoms with E-state index in [2.05, 4.69) is 30.1 Å². The van der Waals surface area contributed by atoms with Crippen molar-refractivity contribution in [3.63, 3.8) is 0 Å². The molecule has 2 heterocycles. The van der Waals surface area contributed by atoms with E-state index in [1.807, 2.05) is 13.0 Å². The summed E-state index contributed by atoms with van der Waals surface area (Å²) >= 11 is 0. The molecule has 0 spiro atoms. The fraction of sp³-hybridized carbons (Fsp3) is 0.421. The monoisotopic (exact) mass is 500 g/mol. The number of rotatable bonds is 5. The average molecular weight is 500 g/mol. The molecule has 152 valence electrons. The van der Waals surface area contributed by atoms with Crippen LogP contribution in [-0.4, -0.2) is 66.7 Å². The minimum absolute atomic E-state index is 0.